The highest BCUT2D eigenvalue weighted by Crippen LogP contribution is 2.56. The fourth-order valence-electron chi connectivity index (χ4n) is 4.73. The van der Waals surface area contributed by atoms with E-state index in [1.807, 2.05) is 38.1 Å². The zero-order chi connectivity index (χ0) is 18.1. The number of rotatable bonds is 5. The van der Waals surface area contributed by atoms with Crippen molar-refractivity contribution in [1.29, 1.82) is 0 Å². The third-order valence-electron chi connectivity index (χ3n) is 5.60. The molecule has 2 aliphatic rings. The van der Waals surface area contributed by atoms with E-state index in [1.54, 1.807) is 0 Å². The van der Waals surface area contributed by atoms with Gasteiger partial charge in [-0.1, -0.05) is 34.9 Å². The van der Waals surface area contributed by atoms with Crippen LogP contribution in [0, 0.1) is 23.7 Å². The number of nitrogens with one attached hydrogen (secondary N) is 1. The van der Waals surface area contributed by atoms with Crippen LogP contribution in [-0.2, 0) is 16.0 Å². The van der Waals surface area contributed by atoms with Crippen molar-refractivity contribution in [1.82, 2.24) is 5.32 Å². The highest BCUT2D eigenvalue weighted by molar-refractivity contribution is 6.30. The smallest absolute Gasteiger partial charge is 0.224 e. The van der Waals surface area contributed by atoms with Gasteiger partial charge in [0.15, 0.2) is 0 Å². The van der Waals surface area contributed by atoms with E-state index in [2.05, 4.69) is 5.32 Å². The summed E-state index contributed by atoms with van der Waals surface area (Å²) in [7, 11) is 0. The van der Waals surface area contributed by atoms with E-state index in [0.29, 0.717) is 18.0 Å². The Morgan fingerprint density at radius 2 is 1.88 bits per heavy atom. The van der Waals surface area contributed by atoms with Gasteiger partial charge in [-0.05, 0) is 62.6 Å². The average molecular weight is 361 g/mol. The minimum Gasteiger partial charge on any atom is -0.550 e. The number of carbonyl (C=O) groups excluding carboxylic acids is 2. The molecule has 4 atom stereocenters. The van der Waals surface area contributed by atoms with Crippen molar-refractivity contribution in [2.24, 2.45) is 23.7 Å². The molecule has 1 amide bonds. The monoisotopic (exact) mass is 360 g/mol. The quantitative estimate of drug-likeness (QED) is 0.819. The van der Waals surface area contributed by atoms with Crippen molar-refractivity contribution in [2.45, 2.75) is 33.1 Å². The maximum atomic E-state index is 12.7. The van der Waals surface area contributed by atoms with Crippen LogP contribution < -0.4 is 10.4 Å². The Morgan fingerprint density at radius 1 is 1.20 bits per heavy atom. The number of carbonyl (C=O) groups is 2. The van der Waals surface area contributed by atoms with Gasteiger partial charge in [-0.15, -0.1) is 0 Å². The molecule has 3 rings (SSSR count). The van der Waals surface area contributed by atoms with Gasteiger partial charge in [0.25, 0.3) is 0 Å². The van der Waals surface area contributed by atoms with E-state index in [4.69, 9.17) is 11.6 Å². The highest BCUT2D eigenvalue weighted by Gasteiger charge is 2.54. The first-order chi connectivity index (χ1) is 11.9. The van der Waals surface area contributed by atoms with Gasteiger partial charge in [-0.25, -0.2) is 0 Å². The first kappa shape index (κ1) is 18.0. The lowest BCUT2D eigenvalue weighted by Crippen LogP contribution is -2.46. The molecule has 5 heteroatoms. The molecule has 2 aliphatic carbocycles. The molecule has 2 fully saturated rings. The Balaban J connectivity index is 1.68. The number of amides is 1. The number of benzene rings is 1. The second-order valence-corrected chi connectivity index (χ2v) is 7.72. The van der Waals surface area contributed by atoms with Crippen molar-refractivity contribution in [3.05, 3.63) is 46.0 Å². The number of hydrogen-bond acceptors (Lipinski definition) is 3. The molecular weight excluding hydrogens is 338 g/mol. The van der Waals surface area contributed by atoms with Crippen LogP contribution in [0.3, 0.4) is 0 Å². The van der Waals surface area contributed by atoms with E-state index in [-0.39, 0.29) is 17.7 Å². The molecule has 2 bridgehead atoms. The summed E-state index contributed by atoms with van der Waals surface area (Å²) >= 11 is 5.97. The van der Waals surface area contributed by atoms with E-state index in [9.17, 15) is 14.7 Å². The fourth-order valence-corrected chi connectivity index (χ4v) is 4.94. The first-order valence-corrected chi connectivity index (χ1v) is 9.18. The standard InChI is InChI=1S/C20H24ClNO3/c1-11(2)16-14-6-7-15(16)18(20(24)25)17(14)19(23)22-9-8-12-4-3-5-13(21)10-12/h3-5,10,14-15,17-18H,6-9H2,1-2H3,(H,22,23)(H,24,25)/p-1/t14-,15+,17-,18+/m1/s1. The summed E-state index contributed by atoms with van der Waals surface area (Å²) < 4.78 is 0. The average Bonchev–Trinajstić information content (AvgIpc) is 3.10. The van der Waals surface area contributed by atoms with Crippen LogP contribution in [0.4, 0.5) is 0 Å². The van der Waals surface area contributed by atoms with Gasteiger partial charge in [0.2, 0.25) is 5.91 Å². The normalized spacial score (nSPS) is 27.4. The number of carboxylic acids is 1. The lowest BCUT2D eigenvalue weighted by atomic mass is 9.78. The fraction of sp³-hybridized carbons (Fsp3) is 0.500. The summed E-state index contributed by atoms with van der Waals surface area (Å²) in [5.74, 6) is -2.46. The second-order valence-electron chi connectivity index (χ2n) is 7.29. The van der Waals surface area contributed by atoms with Gasteiger partial charge in [0.1, 0.15) is 0 Å². The molecule has 134 valence electrons. The van der Waals surface area contributed by atoms with E-state index in [1.165, 1.54) is 5.57 Å². The number of aliphatic carboxylic acids is 1. The number of carboxylic acid groups (broad SMARTS) is 1. The predicted octanol–water partition coefficient (Wildman–Crippen LogP) is 2.36. The number of fused-ring (bicyclic) bond motifs is 2. The largest absolute Gasteiger partial charge is 0.550 e. The minimum atomic E-state index is -1.10. The molecule has 0 aromatic heterocycles. The lowest BCUT2D eigenvalue weighted by molar-refractivity contribution is -0.314. The van der Waals surface area contributed by atoms with Crippen molar-refractivity contribution in [3.8, 4) is 0 Å². The zero-order valence-corrected chi connectivity index (χ0v) is 15.3. The molecule has 0 heterocycles. The molecule has 1 aromatic rings. The van der Waals surface area contributed by atoms with Crippen LogP contribution in [-0.4, -0.2) is 18.4 Å². The van der Waals surface area contributed by atoms with Crippen LogP contribution >= 0.6 is 11.6 Å². The SMILES string of the molecule is CC(C)=C1[C@H]2CC[C@@H]1[C@H](C(=O)[O-])[C@@H]2C(=O)NCCc1cccc(Cl)c1. The summed E-state index contributed by atoms with van der Waals surface area (Å²) in [5.41, 5.74) is 3.36. The minimum absolute atomic E-state index is 0.0383. The van der Waals surface area contributed by atoms with E-state index in [0.717, 1.165) is 24.0 Å². The third kappa shape index (κ3) is 3.45. The lowest BCUT2D eigenvalue weighted by Gasteiger charge is -2.30. The highest BCUT2D eigenvalue weighted by atomic mass is 35.5. The molecule has 25 heavy (non-hydrogen) atoms. The first-order valence-electron chi connectivity index (χ1n) is 8.80. The van der Waals surface area contributed by atoms with Crippen LogP contribution in [0.1, 0.15) is 32.3 Å². The molecule has 1 N–H and O–H groups in total. The molecule has 2 saturated carbocycles. The summed E-state index contributed by atoms with van der Waals surface area (Å²) in [6, 6.07) is 7.52. The maximum absolute atomic E-state index is 12.7. The number of halogens is 1. The molecular formula is C20H23ClNO3-. The molecule has 1 aromatic carbocycles. The Bertz CT molecular complexity index is 723. The number of hydrogen-bond donors (Lipinski definition) is 1. The number of allylic oxidation sites excluding steroid dienone is 2. The molecule has 0 radical (unpaired) electrons. The van der Waals surface area contributed by atoms with Crippen molar-refractivity contribution < 1.29 is 14.7 Å². The van der Waals surface area contributed by atoms with Gasteiger partial charge in [-0.3, -0.25) is 4.79 Å². The molecule has 0 saturated heterocycles. The summed E-state index contributed by atoms with van der Waals surface area (Å²) in [6.07, 6.45) is 2.40. The van der Waals surface area contributed by atoms with Gasteiger partial charge in [0, 0.05) is 23.5 Å². The second kappa shape index (κ2) is 7.20. The van der Waals surface area contributed by atoms with E-state index >= 15 is 0 Å². The van der Waals surface area contributed by atoms with Crippen LogP contribution in [0.2, 0.25) is 5.02 Å². The van der Waals surface area contributed by atoms with Crippen molar-refractivity contribution >= 4 is 23.5 Å². The summed E-state index contributed by atoms with van der Waals surface area (Å²) in [4.78, 5) is 24.4. The molecule has 0 unspecified atom stereocenters. The Labute approximate surface area is 153 Å². The molecule has 0 spiro atoms. The molecule has 4 nitrogen and oxygen atoms in total. The summed E-state index contributed by atoms with van der Waals surface area (Å²) in [6.45, 7) is 4.48. The van der Waals surface area contributed by atoms with Crippen molar-refractivity contribution in [3.63, 3.8) is 0 Å². The predicted molar refractivity (Wildman–Crippen MR) is 94.7 cm³/mol. The Morgan fingerprint density at radius 3 is 2.48 bits per heavy atom. The Kier molecular flexibility index (Phi) is 5.19. The van der Waals surface area contributed by atoms with Crippen molar-refractivity contribution in [2.75, 3.05) is 6.54 Å². The maximum Gasteiger partial charge on any atom is 0.224 e. The van der Waals surface area contributed by atoms with E-state index < -0.39 is 17.8 Å². The topological polar surface area (TPSA) is 69.2 Å². The summed E-state index contributed by atoms with van der Waals surface area (Å²) in [5, 5.41) is 15.3. The molecule has 0 aliphatic heterocycles. The Hall–Kier alpha value is -1.81. The zero-order valence-electron chi connectivity index (χ0n) is 14.5. The van der Waals surface area contributed by atoms with Gasteiger partial charge < -0.3 is 15.2 Å². The van der Waals surface area contributed by atoms with Gasteiger partial charge >= 0.3 is 0 Å². The van der Waals surface area contributed by atoms with Crippen LogP contribution in [0.15, 0.2) is 35.4 Å². The van der Waals surface area contributed by atoms with Gasteiger partial charge in [0.05, 0.1) is 5.92 Å². The van der Waals surface area contributed by atoms with Crippen LogP contribution in [0.25, 0.3) is 0 Å². The third-order valence-corrected chi connectivity index (χ3v) is 5.83. The van der Waals surface area contributed by atoms with Crippen LogP contribution in [0.5, 0.6) is 0 Å². The van der Waals surface area contributed by atoms with Gasteiger partial charge in [-0.2, -0.15) is 0 Å².